The minimum atomic E-state index is -0.332. The van der Waals surface area contributed by atoms with Gasteiger partial charge in [0.15, 0.2) is 0 Å². The van der Waals surface area contributed by atoms with Gasteiger partial charge in [-0.05, 0) is 31.7 Å². The van der Waals surface area contributed by atoms with E-state index in [2.05, 4.69) is 12.1 Å². The molecule has 0 amide bonds. The Bertz CT molecular complexity index is 332. The zero-order valence-corrected chi connectivity index (χ0v) is 10.3. The molecule has 0 aliphatic carbocycles. The van der Waals surface area contributed by atoms with Crippen molar-refractivity contribution < 1.29 is 9.53 Å². The van der Waals surface area contributed by atoms with Crippen LogP contribution in [0.3, 0.4) is 0 Å². The lowest BCUT2D eigenvalue weighted by Crippen LogP contribution is -2.30. The van der Waals surface area contributed by atoms with Crippen molar-refractivity contribution in [2.75, 3.05) is 0 Å². The molecule has 1 rings (SSSR count). The standard InChI is InChI=1S/C14H20O2/c1-4-14(3,16-12(2)15)11-10-13-8-6-5-7-9-13/h5-9H,4,10-11H2,1-3H3/t14-/m1/s1. The van der Waals surface area contributed by atoms with Crippen LogP contribution in [0.5, 0.6) is 0 Å². The molecule has 0 heterocycles. The maximum atomic E-state index is 11.0. The van der Waals surface area contributed by atoms with Crippen molar-refractivity contribution in [3.63, 3.8) is 0 Å². The fraction of sp³-hybridized carbons (Fsp3) is 0.500. The van der Waals surface area contributed by atoms with Gasteiger partial charge in [-0.1, -0.05) is 37.3 Å². The maximum absolute atomic E-state index is 11.0. The molecule has 2 nitrogen and oxygen atoms in total. The Morgan fingerprint density at radius 2 is 1.94 bits per heavy atom. The fourth-order valence-electron chi connectivity index (χ4n) is 1.70. The number of benzene rings is 1. The lowest BCUT2D eigenvalue weighted by molar-refractivity contribution is -0.156. The van der Waals surface area contributed by atoms with Crippen molar-refractivity contribution in [1.82, 2.24) is 0 Å². The number of esters is 1. The Hall–Kier alpha value is -1.31. The lowest BCUT2D eigenvalue weighted by Gasteiger charge is -2.27. The van der Waals surface area contributed by atoms with E-state index < -0.39 is 0 Å². The summed E-state index contributed by atoms with van der Waals surface area (Å²) in [6.07, 6.45) is 2.66. The molecule has 0 bridgehead atoms. The minimum absolute atomic E-state index is 0.197. The first kappa shape index (κ1) is 12.8. The quantitative estimate of drug-likeness (QED) is 0.711. The summed E-state index contributed by atoms with van der Waals surface area (Å²) in [6, 6.07) is 10.3. The van der Waals surface area contributed by atoms with Crippen LogP contribution in [0, 0.1) is 0 Å². The van der Waals surface area contributed by atoms with Gasteiger partial charge < -0.3 is 4.74 Å². The summed E-state index contributed by atoms with van der Waals surface area (Å²) in [5.41, 5.74) is 0.955. The summed E-state index contributed by atoms with van der Waals surface area (Å²) in [5.74, 6) is -0.197. The number of carbonyl (C=O) groups is 1. The van der Waals surface area contributed by atoms with Crippen molar-refractivity contribution in [2.45, 2.75) is 45.6 Å². The van der Waals surface area contributed by atoms with Crippen LogP contribution >= 0.6 is 0 Å². The number of rotatable bonds is 5. The van der Waals surface area contributed by atoms with Gasteiger partial charge in [0, 0.05) is 6.92 Å². The molecule has 0 N–H and O–H groups in total. The van der Waals surface area contributed by atoms with Gasteiger partial charge in [-0.3, -0.25) is 4.79 Å². The molecule has 0 radical (unpaired) electrons. The number of hydrogen-bond donors (Lipinski definition) is 0. The van der Waals surface area contributed by atoms with E-state index in [9.17, 15) is 4.79 Å². The van der Waals surface area contributed by atoms with Gasteiger partial charge in [-0.2, -0.15) is 0 Å². The molecule has 0 aromatic heterocycles. The van der Waals surface area contributed by atoms with Crippen LogP contribution in [0.1, 0.15) is 39.2 Å². The lowest BCUT2D eigenvalue weighted by atomic mass is 9.94. The van der Waals surface area contributed by atoms with Gasteiger partial charge in [-0.15, -0.1) is 0 Å². The summed E-state index contributed by atoms with van der Waals surface area (Å²) >= 11 is 0. The van der Waals surface area contributed by atoms with E-state index in [-0.39, 0.29) is 11.6 Å². The molecule has 0 fully saturated rings. The van der Waals surface area contributed by atoms with E-state index in [1.54, 1.807) is 0 Å². The van der Waals surface area contributed by atoms with Crippen molar-refractivity contribution in [1.29, 1.82) is 0 Å². The predicted octanol–water partition coefficient (Wildman–Crippen LogP) is 3.35. The highest BCUT2D eigenvalue weighted by atomic mass is 16.6. The first-order chi connectivity index (χ1) is 7.56. The van der Waals surface area contributed by atoms with Gasteiger partial charge in [0.1, 0.15) is 5.60 Å². The van der Waals surface area contributed by atoms with E-state index in [1.807, 2.05) is 32.0 Å². The fourth-order valence-corrected chi connectivity index (χ4v) is 1.70. The van der Waals surface area contributed by atoms with E-state index in [4.69, 9.17) is 4.74 Å². The van der Waals surface area contributed by atoms with Gasteiger partial charge in [-0.25, -0.2) is 0 Å². The average Bonchev–Trinajstić information content (AvgIpc) is 2.27. The van der Waals surface area contributed by atoms with Gasteiger partial charge in [0.2, 0.25) is 0 Å². The average molecular weight is 220 g/mol. The number of ether oxygens (including phenoxy) is 1. The number of carbonyl (C=O) groups excluding carboxylic acids is 1. The molecule has 0 spiro atoms. The predicted molar refractivity (Wildman–Crippen MR) is 65.2 cm³/mol. The second-order valence-electron chi connectivity index (χ2n) is 4.38. The van der Waals surface area contributed by atoms with Crippen molar-refractivity contribution in [2.24, 2.45) is 0 Å². The summed E-state index contributed by atoms with van der Waals surface area (Å²) in [4.78, 5) is 11.0. The van der Waals surface area contributed by atoms with Crippen LogP contribution in [-0.2, 0) is 16.0 Å². The summed E-state index contributed by atoms with van der Waals surface area (Å²) in [5, 5.41) is 0. The van der Waals surface area contributed by atoms with Gasteiger partial charge >= 0.3 is 5.97 Å². The minimum Gasteiger partial charge on any atom is -0.460 e. The molecule has 0 saturated carbocycles. The molecular weight excluding hydrogens is 200 g/mol. The van der Waals surface area contributed by atoms with Crippen LogP contribution in [0.15, 0.2) is 30.3 Å². The van der Waals surface area contributed by atoms with Crippen LogP contribution in [0.25, 0.3) is 0 Å². The van der Waals surface area contributed by atoms with E-state index >= 15 is 0 Å². The SMILES string of the molecule is CC[C@](C)(CCc1ccccc1)OC(C)=O. The Balaban J connectivity index is 2.54. The summed E-state index contributed by atoms with van der Waals surface area (Å²) in [7, 11) is 0. The molecule has 1 aromatic carbocycles. The van der Waals surface area contributed by atoms with Crippen LogP contribution < -0.4 is 0 Å². The van der Waals surface area contributed by atoms with E-state index in [1.165, 1.54) is 12.5 Å². The number of aryl methyl sites for hydroxylation is 1. The van der Waals surface area contributed by atoms with E-state index in [0.29, 0.717) is 0 Å². The Kier molecular flexibility index (Phi) is 4.53. The zero-order chi connectivity index (χ0) is 12.0. The van der Waals surface area contributed by atoms with Crippen LogP contribution in [0.4, 0.5) is 0 Å². The monoisotopic (exact) mass is 220 g/mol. The summed E-state index contributed by atoms with van der Waals surface area (Å²) in [6.45, 7) is 5.52. The smallest absolute Gasteiger partial charge is 0.303 e. The Morgan fingerprint density at radius 3 is 2.44 bits per heavy atom. The molecule has 2 heteroatoms. The largest absolute Gasteiger partial charge is 0.460 e. The third kappa shape index (κ3) is 4.05. The van der Waals surface area contributed by atoms with Crippen molar-refractivity contribution in [3.05, 3.63) is 35.9 Å². The molecule has 0 unspecified atom stereocenters. The molecule has 0 saturated heterocycles. The highest BCUT2D eigenvalue weighted by Gasteiger charge is 2.24. The zero-order valence-electron chi connectivity index (χ0n) is 10.3. The Morgan fingerprint density at radius 1 is 1.31 bits per heavy atom. The molecule has 0 aliphatic heterocycles. The van der Waals surface area contributed by atoms with Gasteiger partial charge in [0.05, 0.1) is 0 Å². The highest BCUT2D eigenvalue weighted by molar-refractivity contribution is 5.66. The van der Waals surface area contributed by atoms with Crippen molar-refractivity contribution in [3.8, 4) is 0 Å². The molecular formula is C14H20O2. The molecule has 1 aromatic rings. The normalized spacial score (nSPS) is 14.2. The van der Waals surface area contributed by atoms with Crippen molar-refractivity contribution >= 4 is 5.97 Å². The second kappa shape index (κ2) is 5.69. The third-order valence-corrected chi connectivity index (χ3v) is 2.92. The molecule has 88 valence electrons. The van der Waals surface area contributed by atoms with Crippen LogP contribution in [0.2, 0.25) is 0 Å². The third-order valence-electron chi connectivity index (χ3n) is 2.92. The number of hydrogen-bond acceptors (Lipinski definition) is 2. The Labute approximate surface area is 97.6 Å². The van der Waals surface area contributed by atoms with Crippen LogP contribution in [-0.4, -0.2) is 11.6 Å². The molecule has 16 heavy (non-hydrogen) atoms. The topological polar surface area (TPSA) is 26.3 Å². The summed E-state index contributed by atoms with van der Waals surface area (Å²) < 4.78 is 5.37. The molecule has 1 atom stereocenters. The second-order valence-corrected chi connectivity index (χ2v) is 4.38. The van der Waals surface area contributed by atoms with Gasteiger partial charge in [0.25, 0.3) is 0 Å². The van der Waals surface area contributed by atoms with E-state index in [0.717, 1.165) is 19.3 Å². The first-order valence-electron chi connectivity index (χ1n) is 5.79. The highest BCUT2D eigenvalue weighted by Crippen LogP contribution is 2.22. The first-order valence-corrected chi connectivity index (χ1v) is 5.79. The molecule has 0 aliphatic rings. The maximum Gasteiger partial charge on any atom is 0.303 e.